The van der Waals surface area contributed by atoms with Gasteiger partial charge in [0.05, 0.1) is 0 Å². The van der Waals surface area contributed by atoms with Crippen molar-refractivity contribution in [1.29, 1.82) is 0 Å². The molecule has 1 amide bonds. The van der Waals surface area contributed by atoms with Crippen molar-refractivity contribution in [1.82, 2.24) is 4.98 Å². The molecule has 6 heteroatoms. The molecule has 2 aromatic rings. The number of rotatable bonds is 4. The molecule has 0 aliphatic rings. The first-order valence-corrected chi connectivity index (χ1v) is 6.24. The smallest absolute Gasteiger partial charge is 0.413 e. The maximum absolute atomic E-state index is 11.7. The number of anilines is 1. The van der Waals surface area contributed by atoms with E-state index in [2.05, 4.69) is 10.3 Å². The van der Waals surface area contributed by atoms with Gasteiger partial charge in [-0.15, -0.1) is 0 Å². The zero-order chi connectivity index (χ0) is 15.2. The second-order valence-corrected chi connectivity index (χ2v) is 4.40. The van der Waals surface area contributed by atoms with Crippen molar-refractivity contribution < 1.29 is 19.4 Å². The summed E-state index contributed by atoms with van der Waals surface area (Å²) in [6.45, 7) is 1.82. The summed E-state index contributed by atoms with van der Waals surface area (Å²) in [7, 11) is 0. The first kappa shape index (κ1) is 14.5. The van der Waals surface area contributed by atoms with Gasteiger partial charge in [0, 0.05) is 6.20 Å². The van der Waals surface area contributed by atoms with Gasteiger partial charge < -0.3 is 9.84 Å². The Morgan fingerprint density at radius 2 is 2.00 bits per heavy atom. The van der Waals surface area contributed by atoms with Crippen LogP contribution in [0.25, 0.3) is 0 Å². The lowest BCUT2D eigenvalue weighted by Crippen LogP contribution is -2.17. The van der Waals surface area contributed by atoms with Crippen molar-refractivity contribution in [3.05, 3.63) is 59.3 Å². The number of nitrogens with zero attached hydrogens (tertiary/aromatic N) is 1. The van der Waals surface area contributed by atoms with Crippen molar-refractivity contribution in [2.45, 2.75) is 13.5 Å². The van der Waals surface area contributed by atoms with E-state index in [9.17, 15) is 9.59 Å². The summed E-state index contributed by atoms with van der Waals surface area (Å²) in [6.07, 6.45) is 0.719. The summed E-state index contributed by atoms with van der Waals surface area (Å²) in [5.41, 5.74) is 1.45. The van der Waals surface area contributed by atoms with Crippen LogP contribution < -0.4 is 5.32 Å². The molecule has 0 aliphatic heterocycles. The summed E-state index contributed by atoms with van der Waals surface area (Å²) >= 11 is 0. The van der Waals surface area contributed by atoms with E-state index < -0.39 is 12.1 Å². The first-order chi connectivity index (χ1) is 10.1. The van der Waals surface area contributed by atoms with Crippen LogP contribution in [0.1, 0.15) is 21.5 Å². The van der Waals surface area contributed by atoms with Gasteiger partial charge in [-0.25, -0.2) is 14.6 Å². The van der Waals surface area contributed by atoms with Crippen LogP contribution in [0, 0.1) is 6.92 Å². The minimum Gasteiger partial charge on any atom is -0.478 e. The van der Waals surface area contributed by atoms with Crippen LogP contribution in [-0.4, -0.2) is 22.2 Å². The largest absolute Gasteiger partial charge is 0.478 e. The van der Waals surface area contributed by atoms with E-state index in [1.165, 1.54) is 12.3 Å². The third kappa shape index (κ3) is 4.04. The van der Waals surface area contributed by atoms with Gasteiger partial charge in [-0.2, -0.15) is 0 Å². The molecule has 21 heavy (non-hydrogen) atoms. The van der Waals surface area contributed by atoms with Gasteiger partial charge in [-0.05, 0) is 24.1 Å². The van der Waals surface area contributed by atoms with Crippen molar-refractivity contribution in [3.63, 3.8) is 0 Å². The van der Waals surface area contributed by atoms with Crippen molar-refractivity contribution in [2.75, 3.05) is 5.32 Å². The Morgan fingerprint density at radius 3 is 2.67 bits per heavy atom. The van der Waals surface area contributed by atoms with Crippen LogP contribution in [0.5, 0.6) is 0 Å². The molecular weight excluding hydrogens is 272 g/mol. The summed E-state index contributed by atoms with van der Waals surface area (Å²) in [4.78, 5) is 26.7. The lowest BCUT2D eigenvalue weighted by atomic mass is 10.2. The molecule has 0 atom stereocenters. The Labute approximate surface area is 121 Å². The average Bonchev–Trinajstić information content (AvgIpc) is 2.48. The Hall–Kier alpha value is -2.89. The summed E-state index contributed by atoms with van der Waals surface area (Å²) in [6, 6.07) is 10.6. The summed E-state index contributed by atoms with van der Waals surface area (Å²) < 4.78 is 5.01. The molecule has 0 aliphatic carbocycles. The summed E-state index contributed by atoms with van der Waals surface area (Å²) in [5, 5.41) is 11.4. The fraction of sp³-hybridized carbons (Fsp3) is 0.133. The molecule has 2 N–H and O–H groups in total. The third-order valence-electron chi connectivity index (χ3n) is 2.69. The number of amides is 1. The number of pyridine rings is 1. The second-order valence-electron chi connectivity index (χ2n) is 4.40. The fourth-order valence-corrected chi connectivity index (χ4v) is 1.69. The highest BCUT2D eigenvalue weighted by Gasteiger charge is 2.14. The van der Waals surface area contributed by atoms with E-state index in [0.29, 0.717) is 5.56 Å². The van der Waals surface area contributed by atoms with E-state index >= 15 is 0 Å². The standard InChI is InChI=1S/C15H14N2O4/c1-10-7-12(14(18)19)13(16-8-10)17-15(20)21-9-11-5-3-2-4-6-11/h2-8H,9H2,1H3,(H,18,19)(H,16,17,20). The molecule has 0 radical (unpaired) electrons. The highest BCUT2D eigenvalue weighted by atomic mass is 16.5. The van der Waals surface area contributed by atoms with Gasteiger partial charge in [0.25, 0.3) is 0 Å². The molecule has 108 valence electrons. The van der Waals surface area contributed by atoms with E-state index in [0.717, 1.165) is 5.56 Å². The number of aryl methyl sites for hydroxylation is 1. The number of aromatic carboxylic acids is 1. The zero-order valence-corrected chi connectivity index (χ0v) is 11.4. The van der Waals surface area contributed by atoms with Crippen molar-refractivity contribution >= 4 is 17.9 Å². The Morgan fingerprint density at radius 1 is 1.29 bits per heavy atom. The molecule has 0 unspecified atom stereocenters. The van der Waals surface area contributed by atoms with E-state index in [4.69, 9.17) is 9.84 Å². The normalized spacial score (nSPS) is 9.95. The molecule has 0 saturated carbocycles. The van der Waals surface area contributed by atoms with Gasteiger partial charge in [0.2, 0.25) is 0 Å². The highest BCUT2D eigenvalue weighted by molar-refractivity contribution is 5.97. The van der Waals surface area contributed by atoms with E-state index in [1.807, 2.05) is 30.3 Å². The monoisotopic (exact) mass is 286 g/mol. The summed E-state index contributed by atoms with van der Waals surface area (Å²) in [5.74, 6) is -1.20. The molecular formula is C15H14N2O4. The van der Waals surface area contributed by atoms with Gasteiger partial charge in [0.15, 0.2) is 0 Å². The molecule has 1 aromatic carbocycles. The quantitative estimate of drug-likeness (QED) is 0.902. The average molecular weight is 286 g/mol. The third-order valence-corrected chi connectivity index (χ3v) is 2.69. The molecule has 0 spiro atoms. The number of ether oxygens (including phenoxy) is 1. The van der Waals surface area contributed by atoms with Gasteiger partial charge in [0.1, 0.15) is 18.0 Å². The van der Waals surface area contributed by atoms with Gasteiger partial charge in [-0.3, -0.25) is 5.32 Å². The maximum atomic E-state index is 11.7. The minimum atomic E-state index is -1.16. The Balaban J connectivity index is 2.01. The molecule has 6 nitrogen and oxygen atoms in total. The van der Waals surface area contributed by atoms with Crippen LogP contribution >= 0.6 is 0 Å². The van der Waals surface area contributed by atoms with Crippen LogP contribution in [0.3, 0.4) is 0 Å². The first-order valence-electron chi connectivity index (χ1n) is 6.24. The number of carbonyl (C=O) groups is 2. The number of benzene rings is 1. The van der Waals surface area contributed by atoms with E-state index in [-0.39, 0.29) is 18.0 Å². The van der Waals surface area contributed by atoms with Crippen molar-refractivity contribution in [3.8, 4) is 0 Å². The topological polar surface area (TPSA) is 88.5 Å². The number of carboxylic acid groups (broad SMARTS) is 1. The number of hydrogen-bond donors (Lipinski definition) is 2. The molecule has 2 rings (SSSR count). The molecule has 0 saturated heterocycles. The van der Waals surface area contributed by atoms with Crippen LogP contribution in [0.2, 0.25) is 0 Å². The van der Waals surface area contributed by atoms with Gasteiger partial charge >= 0.3 is 12.1 Å². The minimum absolute atomic E-state index is 0.0360. The maximum Gasteiger partial charge on any atom is 0.413 e. The highest BCUT2D eigenvalue weighted by Crippen LogP contribution is 2.14. The number of carbonyl (C=O) groups excluding carboxylic acids is 1. The molecule has 0 fully saturated rings. The predicted molar refractivity (Wildman–Crippen MR) is 76.2 cm³/mol. The van der Waals surface area contributed by atoms with Crippen molar-refractivity contribution in [2.24, 2.45) is 0 Å². The molecule has 1 aromatic heterocycles. The van der Waals surface area contributed by atoms with Crippen LogP contribution in [0.15, 0.2) is 42.6 Å². The molecule has 1 heterocycles. The van der Waals surface area contributed by atoms with Crippen LogP contribution in [-0.2, 0) is 11.3 Å². The fourth-order valence-electron chi connectivity index (χ4n) is 1.69. The van der Waals surface area contributed by atoms with Crippen LogP contribution in [0.4, 0.5) is 10.6 Å². The molecule has 0 bridgehead atoms. The van der Waals surface area contributed by atoms with Gasteiger partial charge in [-0.1, -0.05) is 30.3 Å². The zero-order valence-electron chi connectivity index (χ0n) is 11.4. The number of aromatic nitrogens is 1. The SMILES string of the molecule is Cc1cnc(NC(=O)OCc2ccccc2)c(C(=O)O)c1. The predicted octanol–water partition coefficient (Wildman–Crippen LogP) is 2.84. The Bertz CT molecular complexity index is 656. The lowest BCUT2D eigenvalue weighted by Gasteiger charge is -2.09. The number of carboxylic acids is 1. The number of nitrogens with one attached hydrogen (secondary N) is 1. The Kier molecular flexibility index (Phi) is 4.50. The second kappa shape index (κ2) is 6.51. The number of hydrogen-bond acceptors (Lipinski definition) is 4. The van der Waals surface area contributed by atoms with E-state index in [1.54, 1.807) is 6.92 Å². The lowest BCUT2D eigenvalue weighted by molar-refractivity contribution is 0.0697.